The number of benzene rings is 1. The van der Waals surface area contributed by atoms with E-state index in [0.29, 0.717) is 0 Å². The quantitative estimate of drug-likeness (QED) is 0.684. The van der Waals surface area contributed by atoms with Gasteiger partial charge < -0.3 is 15.2 Å². The van der Waals surface area contributed by atoms with Crippen LogP contribution in [0.3, 0.4) is 0 Å². The number of nitrogens with two attached hydrogens (primary N) is 1. The summed E-state index contributed by atoms with van der Waals surface area (Å²) in [5.74, 6) is -1.23. The van der Waals surface area contributed by atoms with Crippen LogP contribution in [0.5, 0.6) is 5.75 Å². The number of hydrogen-bond acceptors (Lipinski definition) is 4. The number of rotatable bonds is 3. The minimum Gasteiger partial charge on any atom is -0.462 e. The van der Waals surface area contributed by atoms with Crippen molar-refractivity contribution in [3.63, 3.8) is 0 Å². The zero-order valence-electron chi connectivity index (χ0n) is 9.18. The second kappa shape index (κ2) is 5.47. The molecule has 0 atom stereocenters. The average molecular weight is 328 g/mol. The first kappa shape index (κ1) is 14.6. The van der Waals surface area contributed by atoms with Gasteiger partial charge in [-0.3, -0.25) is 0 Å². The largest absolute Gasteiger partial charge is 0.573 e. The lowest BCUT2D eigenvalue weighted by Crippen LogP contribution is -2.18. The third-order valence-electron chi connectivity index (χ3n) is 1.83. The lowest BCUT2D eigenvalue weighted by Gasteiger charge is -2.13. The maximum atomic E-state index is 12.1. The molecule has 0 radical (unpaired) electrons. The number of carbonyl (C=O) groups is 1. The summed E-state index contributed by atoms with van der Waals surface area (Å²) >= 11 is 2.87. The molecule has 1 aromatic rings. The topological polar surface area (TPSA) is 61.5 Å². The van der Waals surface area contributed by atoms with Crippen LogP contribution in [0.1, 0.15) is 17.3 Å². The summed E-state index contributed by atoms with van der Waals surface area (Å²) in [5, 5.41) is 0. The molecule has 0 spiro atoms. The highest BCUT2D eigenvalue weighted by molar-refractivity contribution is 9.10. The zero-order chi connectivity index (χ0) is 13.9. The van der Waals surface area contributed by atoms with Crippen molar-refractivity contribution < 1.29 is 27.4 Å². The maximum absolute atomic E-state index is 12.1. The highest BCUT2D eigenvalue weighted by atomic mass is 79.9. The van der Waals surface area contributed by atoms with Crippen LogP contribution in [-0.2, 0) is 4.74 Å². The molecule has 0 fully saturated rings. The van der Waals surface area contributed by atoms with Gasteiger partial charge in [0.05, 0.1) is 16.6 Å². The Morgan fingerprint density at radius 2 is 2.06 bits per heavy atom. The first-order valence-corrected chi connectivity index (χ1v) is 5.55. The average Bonchev–Trinajstić information content (AvgIpc) is 2.21. The van der Waals surface area contributed by atoms with E-state index in [1.54, 1.807) is 6.92 Å². The van der Waals surface area contributed by atoms with Crippen LogP contribution in [0.15, 0.2) is 16.6 Å². The predicted octanol–water partition coefficient (Wildman–Crippen LogP) is 3.11. The van der Waals surface area contributed by atoms with E-state index in [4.69, 9.17) is 10.5 Å². The molecule has 0 amide bonds. The van der Waals surface area contributed by atoms with E-state index < -0.39 is 18.1 Å². The molecule has 18 heavy (non-hydrogen) atoms. The van der Waals surface area contributed by atoms with E-state index >= 15 is 0 Å². The Labute approximate surface area is 109 Å². The van der Waals surface area contributed by atoms with Crippen LogP contribution in [0.25, 0.3) is 0 Å². The van der Waals surface area contributed by atoms with Gasteiger partial charge in [-0.05, 0) is 28.9 Å². The van der Waals surface area contributed by atoms with Crippen LogP contribution in [-0.4, -0.2) is 18.9 Å². The van der Waals surface area contributed by atoms with E-state index in [1.165, 1.54) is 0 Å². The number of halogens is 4. The Bertz CT molecular complexity index is 462. The van der Waals surface area contributed by atoms with Crippen molar-refractivity contribution in [3.05, 3.63) is 22.2 Å². The van der Waals surface area contributed by atoms with Gasteiger partial charge in [-0.1, -0.05) is 0 Å². The monoisotopic (exact) mass is 327 g/mol. The van der Waals surface area contributed by atoms with Crippen molar-refractivity contribution in [1.29, 1.82) is 0 Å². The lowest BCUT2D eigenvalue weighted by molar-refractivity contribution is -0.274. The first-order chi connectivity index (χ1) is 8.24. The highest BCUT2D eigenvalue weighted by Crippen LogP contribution is 2.34. The Hall–Kier alpha value is -1.44. The number of ether oxygens (including phenoxy) is 2. The molecule has 100 valence electrons. The molecule has 0 bridgehead atoms. The predicted molar refractivity (Wildman–Crippen MR) is 61.2 cm³/mol. The van der Waals surface area contributed by atoms with Crippen LogP contribution in [0.2, 0.25) is 0 Å². The summed E-state index contributed by atoms with van der Waals surface area (Å²) in [6.07, 6.45) is -4.83. The number of anilines is 1. The Morgan fingerprint density at radius 3 is 2.56 bits per heavy atom. The number of esters is 1. The van der Waals surface area contributed by atoms with Gasteiger partial charge >= 0.3 is 12.3 Å². The molecule has 8 heteroatoms. The number of alkyl halides is 3. The van der Waals surface area contributed by atoms with E-state index in [1.807, 2.05) is 0 Å². The van der Waals surface area contributed by atoms with E-state index in [2.05, 4.69) is 20.7 Å². The SMILES string of the molecule is CCOC(=O)c1cc(Br)c(OC(F)(F)F)cc1N. The number of carbonyl (C=O) groups excluding carboxylic acids is 1. The molecule has 2 N–H and O–H groups in total. The van der Waals surface area contributed by atoms with Crippen LogP contribution >= 0.6 is 15.9 Å². The van der Waals surface area contributed by atoms with Crippen molar-refractivity contribution in [3.8, 4) is 5.75 Å². The van der Waals surface area contributed by atoms with Gasteiger partial charge in [-0.15, -0.1) is 13.2 Å². The zero-order valence-corrected chi connectivity index (χ0v) is 10.8. The molecule has 1 rings (SSSR count). The second-order valence-electron chi connectivity index (χ2n) is 3.14. The summed E-state index contributed by atoms with van der Waals surface area (Å²) < 4.78 is 44.6. The minimum atomic E-state index is -4.83. The molecule has 0 saturated heterocycles. The van der Waals surface area contributed by atoms with Gasteiger partial charge in [0, 0.05) is 11.8 Å². The molecule has 0 aliphatic carbocycles. The lowest BCUT2D eigenvalue weighted by atomic mass is 10.2. The van der Waals surface area contributed by atoms with Crippen molar-refractivity contribution in [2.24, 2.45) is 0 Å². The fourth-order valence-corrected chi connectivity index (χ4v) is 1.58. The highest BCUT2D eigenvalue weighted by Gasteiger charge is 2.32. The first-order valence-electron chi connectivity index (χ1n) is 4.76. The maximum Gasteiger partial charge on any atom is 0.573 e. The summed E-state index contributed by atoms with van der Waals surface area (Å²) in [5.41, 5.74) is 5.29. The Kier molecular flexibility index (Phi) is 4.44. The smallest absolute Gasteiger partial charge is 0.462 e. The minimum absolute atomic E-state index is 0.0294. The van der Waals surface area contributed by atoms with Gasteiger partial charge in [-0.25, -0.2) is 4.79 Å². The molecule has 0 aliphatic rings. The summed E-state index contributed by atoms with van der Waals surface area (Å²) in [6.45, 7) is 1.74. The van der Waals surface area contributed by atoms with Gasteiger partial charge in [0.2, 0.25) is 0 Å². The fraction of sp³-hybridized carbons (Fsp3) is 0.300. The standard InChI is InChI=1S/C10H9BrF3NO3/c1-2-17-9(16)5-3-6(11)8(4-7(5)15)18-10(12,13)14/h3-4H,2,15H2,1H3. The molecule has 0 aromatic heterocycles. The van der Waals surface area contributed by atoms with Crippen molar-refractivity contribution in [1.82, 2.24) is 0 Å². The third kappa shape index (κ3) is 3.80. The number of nitrogen functional groups attached to an aromatic ring is 1. The molecular weight excluding hydrogens is 319 g/mol. The number of hydrogen-bond donors (Lipinski definition) is 1. The van der Waals surface area contributed by atoms with E-state index in [0.717, 1.165) is 12.1 Å². The van der Waals surface area contributed by atoms with Crippen molar-refractivity contribution in [2.45, 2.75) is 13.3 Å². The molecule has 4 nitrogen and oxygen atoms in total. The normalized spacial score (nSPS) is 11.2. The van der Waals surface area contributed by atoms with Gasteiger partial charge in [-0.2, -0.15) is 0 Å². The Balaban J connectivity index is 3.08. The van der Waals surface area contributed by atoms with Crippen LogP contribution < -0.4 is 10.5 Å². The van der Waals surface area contributed by atoms with Gasteiger partial charge in [0.15, 0.2) is 0 Å². The van der Waals surface area contributed by atoms with Gasteiger partial charge in [0.1, 0.15) is 5.75 Å². The molecule has 0 saturated carbocycles. The van der Waals surface area contributed by atoms with Crippen molar-refractivity contribution in [2.75, 3.05) is 12.3 Å². The molecule has 0 unspecified atom stereocenters. The molecular formula is C10H9BrF3NO3. The van der Waals surface area contributed by atoms with Crippen LogP contribution in [0.4, 0.5) is 18.9 Å². The molecule has 1 aromatic carbocycles. The van der Waals surface area contributed by atoms with Crippen molar-refractivity contribution >= 4 is 27.6 Å². The van der Waals surface area contributed by atoms with E-state index in [-0.39, 0.29) is 22.3 Å². The van der Waals surface area contributed by atoms with E-state index in [9.17, 15) is 18.0 Å². The summed E-state index contributed by atoms with van der Waals surface area (Å²) in [6, 6.07) is 2.03. The third-order valence-corrected chi connectivity index (χ3v) is 2.44. The summed E-state index contributed by atoms with van der Waals surface area (Å²) in [7, 11) is 0. The van der Waals surface area contributed by atoms with Gasteiger partial charge in [0.25, 0.3) is 0 Å². The molecule has 0 heterocycles. The second-order valence-corrected chi connectivity index (χ2v) is 3.99. The fourth-order valence-electron chi connectivity index (χ4n) is 1.16. The van der Waals surface area contributed by atoms with Crippen LogP contribution in [0, 0.1) is 0 Å². The Morgan fingerprint density at radius 1 is 1.44 bits per heavy atom. The molecule has 0 aliphatic heterocycles. The summed E-state index contributed by atoms with van der Waals surface area (Å²) in [4.78, 5) is 11.4.